The van der Waals surface area contributed by atoms with E-state index in [0.29, 0.717) is 28.2 Å². The van der Waals surface area contributed by atoms with Gasteiger partial charge in [0.2, 0.25) is 0 Å². The van der Waals surface area contributed by atoms with Gasteiger partial charge in [-0.15, -0.1) is 0 Å². The first-order valence-electron chi connectivity index (χ1n) is 10.5. The molecule has 0 saturated carbocycles. The Morgan fingerprint density at radius 3 is 2.39 bits per heavy atom. The summed E-state index contributed by atoms with van der Waals surface area (Å²) < 4.78 is 59.5. The van der Waals surface area contributed by atoms with Crippen LogP contribution in [0.25, 0.3) is 21.9 Å². The summed E-state index contributed by atoms with van der Waals surface area (Å²) in [7, 11) is 0. The fourth-order valence-corrected chi connectivity index (χ4v) is 4.81. The predicted molar refractivity (Wildman–Crippen MR) is 127 cm³/mol. The van der Waals surface area contributed by atoms with Crippen molar-refractivity contribution in [3.8, 4) is 5.75 Å². The molecule has 0 spiro atoms. The monoisotopic (exact) mass is 513 g/mol. The number of aromatic hydroxyl groups is 1. The Kier molecular flexibility index (Phi) is 5.83. The van der Waals surface area contributed by atoms with Crippen LogP contribution in [0.1, 0.15) is 11.1 Å². The number of hydrogen-bond acceptors (Lipinski definition) is 5. The third-order valence-corrected chi connectivity index (χ3v) is 6.65. The Morgan fingerprint density at radius 2 is 1.67 bits per heavy atom. The molecule has 3 aromatic carbocycles. The number of halogens is 4. The number of fused-ring (bicyclic) bond motifs is 3. The topological polar surface area (TPSA) is 72.4 Å². The van der Waals surface area contributed by atoms with E-state index in [9.17, 15) is 32.3 Å². The van der Waals surface area contributed by atoms with Crippen molar-refractivity contribution in [2.75, 3.05) is 0 Å². The summed E-state index contributed by atoms with van der Waals surface area (Å²) in [4.78, 5) is 25.9. The molecule has 1 N–H and O–H groups in total. The second-order valence-electron chi connectivity index (χ2n) is 7.93. The van der Waals surface area contributed by atoms with E-state index in [1.165, 1.54) is 41.0 Å². The van der Waals surface area contributed by atoms with Gasteiger partial charge in [0.05, 0.1) is 17.6 Å². The maximum absolute atomic E-state index is 13.5. The van der Waals surface area contributed by atoms with E-state index < -0.39 is 39.4 Å². The van der Waals surface area contributed by atoms with Crippen LogP contribution in [0.3, 0.4) is 0 Å². The summed E-state index contributed by atoms with van der Waals surface area (Å²) >= 11 is 0.565. The second kappa shape index (κ2) is 8.87. The standard InChI is InChI=1S/C26H15F4NO4S/c27-16-10-8-14(9-11-16)13-31-19-7-2-1-6-18(19)22-20(24(31)33)21(32)23(25(34)35-22)36-17-5-3-4-15(12-17)26(28,29)30/h1-12,32H,13H2. The van der Waals surface area contributed by atoms with Crippen LogP contribution in [0, 0.1) is 5.82 Å². The molecule has 0 radical (unpaired) electrons. The van der Waals surface area contributed by atoms with Gasteiger partial charge in [-0.05, 0) is 48.0 Å². The number of aromatic nitrogens is 1. The molecule has 36 heavy (non-hydrogen) atoms. The lowest BCUT2D eigenvalue weighted by Crippen LogP contribution is -2.22. The molecule has 5 aromatic rings. The third kappa shape index (κ3) is 4.24. The molecule has 182 valence electrons. The predicted octanol–water partition coefficient (Wildman–Crippen LogP) is 6.17. The van der Waals surface area contributed by atoms with Crippen LogP contribution in [0.15, 0.2) is 96.6 Å². The number of rotatable bonds is 4. The summed E-state index contributed by atoms with van der Waals surface area (Å²) in [6, 6.07) is 16.4. The largest absolute Gasteiger partial charge is 0.505 e. The Bertz CT molecular complexity index is 1740. The molecule has 0 atom stereocenters. The smallest absolute Gasteiger partial charge is 0.416 e. The average molecular weight is 513 g/mol. The lowest BCUT2D eigenvalue weighted by Gasteiger charge is -2.14. The fourth-order valence-electron chi connectivity index (χ4n) is 3.91. The Morgan fingerprint density at radius 1 is 0.944 bits per heavy atom. The van der Waals surface area contributed by atoms with Crippen molar-refractivity contribution in [1.29, 1.82) is 0 Å². The van der Waals surface area contributed by atoms with E-state index in [-0.39, 0.29) is 22.4 Å². The highest BCUT2D eigenvalue weighted by molar-refractivity contribution is 7.99. The van der Waals surface area contributed by atoms with E-state index in [0.717, 1.165) is 12.1 Å². The van der Waals surface area contributed by atoms with E-state index in [2.05, 4.69) is 0 Å². The van der Waals surface area contributed by atoms with Crippen molar-refractivity contribution in [3.63, 3.8) is 0 Å². The normalized spacial score (nSPS) is 11.9. The minimum Gasteiger partial charge on any atom is -0.505 e. The molecular formula is C26H15F4NO4S. The highest BCUT2D eigenvalue weighted by Gasteiger charge is 2.31. The summed E-state index contributed by atoms with van der Waals surface area (Å²) in [5.74, 6) is -1.13. The number of para-hydroxylation sites is 1. The first-order chi connectivity index (χ1) is 17.1. The van der Waals surface area contributed by atoms with E-state index in [1.54, 1.807) is 24.3 Å². The van der Waals surface area contributed by atoms with E-state index in [4.69, 9.17) is 4.42 Å². The molecule has 0 aliphatic heterocycles. The molecule has 5 rings (SSSR count). The van der Waals surface area contributed by atoms with Crippen LogP contribution in [0.5, 0.6) is 5.75 Å². The van der Waals surface area contributed by atoms with Crippen LogP contribution in [-0.2, 0) is 12.7 Å². The lowest BCUT2D eigenvalue weighted by atomic mass is 10.1. The highest BCUT2D eigenvalue weighted by atomic mass is 32.2. The Labute approximate surface area is 204 Å². The third-order valence-electron chi connectivity index (χ3n) is 5.59. The van der Waals surface area contributed by atoms with Crippen LogP contribution < -0.4 is 11.2 Å². The Hall–Kier alpha value is -4.05. The van der Waals surface area contributed by atoms with Crippen molar-refractivity contribution in [2.45, 2.75) is 22.5 Å². The molecule has 10 heteroatoms. The van der Waals surface area contributed by atoms with Gasteiger partial charge in [0.25, 0.3) is 5.56 Å². The molecule has 2 heterocycles. The molecule has 0 saturated heterocycles. The maximum atomic E-state index is 13.5. The SMILES string of the molecule is O=c1oc2c(c(O)c1Sc1cccc(C(F)(F)F)c1)c(=O)n(Cc1ccc(F)cc1)c1ccccc21. The van der Waals surface area contributed by atoms with E-state index >= 15 is 0 Å². The average Bonchev–Trinajstić information content (AvgIpc) is 2.85. The van der Waals surface area contributed by atoms with Gasteiger partial charge in [-0.1, -0.05) is 42.1 Å². The van der Waals surface area contributed by atoms with Gasteiger partial charge in [0, 0.05) is 10.3 Å². The zero-order chi connectivity index (χ0) is 25.6. The molecule has 0 aliphatic carbocycles. The van der Waals surface area contributed by atoms with Gasteiger partial charge >= 0.3 is 11.8 Å². The first-order valence-corrected chi connectivity index (χ1v) is 11.4. The van der Waals surface area contributed by atoms with Gasteiger partial charge in [-0.2, -0.15) is 13.2 Å². The fraction of sp³-hybridized carbons (Fsp3) is 0.0769. The molecule has 0 bridgehead atoms. The van der Waals surface area contributed by atoms with Gasteiger partial charge in [-0.25, -0.2) is 9.18 Å². The summed E-state index contributed by atoms with van der Waals surface area (Å²) in [6.07, 6.45) is -4.60. The van der Waals surface area contributed by atoms with Crippen molar-refractivity contribution in [1.82, 2.24) is 4.57 Å². The summed E-state index contributed by atoms with van der Waals surface area (Å²) in [5.41, 5.74) is -1.71. The molecule has 0 unspecified atom stereocenters. The summed E-state index contributed by atoms with van der Waals surface area (Å²) in [5, 5.41) is 11.1. The van der Waals surface area contributed by atoms with Crippen molar-refractivity contribution in [2.24, 2.45) is 0 Å². The number of nitrogens with zero attached hydrogens (tertiary/aromatic N) is 1. The second-order valence-corrected chi connectivity index (χ2v) is 9.02. The van der Waals surface area contributed by atoms with Crippen LogP contribution in [0.2, 0.25) is 0 Å². The van der Waals surface area contributed by atoms with Crippen molar-refractivity contribution < 1.29 is 27.1 Å². The van der Waals surface area contributed by atoms with Gasteiger partial charge in [0.1, 0.15) is 16.1 Å². The van der Waals surface area contributed by atoms with E-state index in [1.807, 2.05) is 0 Å². The zero-order valence-corrected chi connectivity index (χ0v) is 19.0. The molecule has 2 aromatic heterocycles. The molecule has 5 nitrogen and oxygen atoms in total. The van der Waals surface area contributed by atoms with Crippen molar-refractivity contribution in [3.05, 3.63) is 111 Å². The quantitative estimate of drug-likeness (QED) is 0.230. The van der Waals surface area contributed by atoms with Crippen LogP contribution in [-0.4, -0.2) is 9.67 Å². The molecule has 0 aliphatic rings. The molecule has 0 fully saturated rings. The minimum absolute atomic E-state index is 0.0270. The maximum Gasteiger partial charge on any atom is 0.416 e. The summed E-state index contributed by atoms with van der Waals surface area (Å²) in [6.45, 7) is 0.0320. The highest BCUT2D eigenvalue weighted by Crippen LogP contribution is 2.39. The number of pyridine rings is 1. The van der Waals surface area contributed by atoms with Gasteiger partial charge < -0.3 is 14.1 Å². The molecular weight excluding hydrogens is 498 g/mol. The van der Waals surface area contributed by atoms with Crippen LogP contribution in [0.4, 0.5) is 17.6 Å². The number of benzene rings is 3. The van der Waals surface area contributed by atoms with Gasteiger partial charge in [-0.3, -0.25) is 4.79 Å². The first kappa shape index (κ1) is 23.7. The van der Waals surface area contributed by atoms with Gasteiger partial charge in [0.15, 0.2) is 11.3 Å². The number of alkyl halides is 3. The van der Waals surface area contributed by atoms with Crippen LogP contribution >= 0.6 is 11.8 Å². The lowest BCUT2D eigenvalue weighted by molar-refractivity contribution is -0.137. The molecule has 0 amide bonds. The zero-order valence-electron chi connectivity index (χ0n) is 18.2. The minimum atomic E-state index is -4.60. The number of hydrogen-bond donors (Lipinski definition) is 1. The van der Waals surface area contributed by atoms with Crippen molar-refractivity contribution >= 4 is 33.6 Å². The Balaban J connectivity index is 1.72.